The van der Waals surface area contributed by atoms with Gasteiger partial charge in [0.1, 0.15) is 23.0 Å². The van der Waals surface area contributed by atoms with E-state index in [1.165, 1.54) is 69.6 Å². The van der Waals surface area contributed by atoms with Gasteiger partial charge >= 0.3 is 0 Å². The second-order valence-corrected chi connectivity index (χ2v) is 13.4. The molecule has 0 fully saturated rings. The van der Waals surface area contributed by atoms with Crippen LogP contribution in [0.1, 0.15) is 101 Å². The normalized spacial score (nSPS) is 13.2. The van der Waals surface area contributed by atoms with E-state index in [1.807, 2.05) is 19.1 Å². The first-order valence-corrected chi connectivity index (χ1v) is 18.5. The number of unbranched alkanes of at least 4 members (excludes halogenated alkanes) is 9. The first-order valence-electron chi connectivity index (χ1n) is 17.3. The van der Waals surface area contributed by atoms with Crippen molar-refractivity contribution in [2.45, 2.75) is 97.0 Å². The van der Waals surface area contributed by atoms with Gasteiger partial charge in [0.2, 0.25) is 0 Å². The number of anilines is 2. The Morgan fingerprint density at radius 1 is 0.820 bits per heavy atom. The Morgan fingerprint density at radius 3 is 2.14 bits per heavy atom. The third-order valence-corrected chi connectivity index (χ3v) is 8.93. The number of amidine groups is 1. The van der Waals surface area contributed by atoms with Gasteiger partial charge in [0.15, 0.2) is 6.10 Å². The highest BCUT2D eigenvalue weighted by molar-refractivity contribution is 6.42. The van der Waals surface area contributed by atoms with Crippen molar-refractivity contribution in [3.63, 3.8) is 0 Å². The number of carbonyl (C=O) groups excluding carboxylic acids is 3. The number of hydrazone groups is 1. The molecular formula is C38H45Cl3N4O5. The summed E-state index contributed by atoms with van der Waals surface area (Å²) in [4.78, 5) is 39.0. The molecule has 2 N–H and O–H groups in total. The van der Waals surface area contributed by atoms with E-state index >= 15 is 0 Å². The van der Waals surface area contributed by atoms with Crippen molar-refractivity contribution in [2.75, 3.05) is 16.9 Å². The molecule has 3 aromatic rings. The standard InChI is InChI=1S/C38H45Cl3N4O5/c1-3-5-6-7-8-9-10-11-12-13-20-49-29-18-15-19-30(24-29)50-33(4-2)38(48)42-28-17-14-16-26(21-28)37(47)43-34-25-35(46)45(44-34)36-31(40)22-27(39)23-32(36)41/h14-19,21-24,33H,3-13,20,25H2,1-2H3,(H,42,48)(H,43,44,47). The summed E-state index contributed by atoms with van der Waals surface area (Å²) in [5.74, 6) is 0.0433. The van der Waals surface area contributed by atoms with Crippen LogP contribution in [-0.4, -0.2) is 36.3 Å². The number of halogens is 3. The van der Waals surface area contributed by atoms with Crippen molar-refractivity contribution in [1.29, 1.82) is 0 Å². The van der Waals surface area contributed by atoms with Gasteiger partial charge in [0, 0.05) is 22.3 Å². The third-order valence-electron chi connectivity index (χ3n) is 8.13. The van der Waals surface area contributed by atoms with Crippen molar-refractivity contribution in [2.24, 2.45) is 5.10 Å². The second-order valence-electron chi connectivity index (χ2n) is 12.2. The topological polar surface area (TPSA) is 109 Å². The maximum atomic E-state index is 13.2. The van der Waals surface area contributed by atoms with Crippen molar-refractivity contribution >= 4 is 69.7 Å². The lowest BCUT2D eigenvalue weighted by atomic mass is 10.1. The van der Waals surface area contributed by atoms with Gasteiger partial charge in [0.25, 0.3) is 17.7 Å². The Bertz CT molecular complexity index is 1630. The van der Waals surface area contributed by atoms with Crippen LogP contribution in [0.2, 0.25) is 15.1 Å². The average molecular weight is 744 g/mol. The molecule has 1 aliphatic heterocycles. The number of rotatable bonds is 19. The largest absolute Gasteiger partial charge is 0.493 e. The number of nitrogens with zero attached hydrogens (tertiary/aromatic N) is 2. The molecule has 1 heterocycles. The molecule has 0 radical (unpaired) electrons. The third kappa shape index (κ3) is 11.9. The maximum Gasteiger partial charge on any atom is 0.265 e. The van der Waals surface area contributed by atoms with Gasteiger partial charge in [-0.05, 0) is 55.3 Å². The molecule has 3 amide bonds. The SMILES string of the molecule is CCCCCCCCCCCCOc1cccc(OC(CC)C(=O)Nc2cccc(C(=O)NC3=NN(c4c(Cl)cc(Cl)cc4Cl)C(=O)C3)c2)c1. The zero-order valence-corrected chi connectivity index (χ0v) is 30.9. The summed E-state index contributed by atoms with van der Waals surface area (Å²) in [6.07, 6.45) is 12.1. The average Bonchev–Trinajstić information content (AvgIpc) is 3.44. The molecule has 3 aromatic carbocycles. The summed E-state index contributed by atoms with van der Waals surface area (Å²) in [6, 6.07) is 16.6. The van der Waals surface area contributed by atoms with Gasteiger partial charge in [0.05, 0.1) is 23.1 Å². The van der Waals surface area contributed by atoms with Crippen LogP contribution in [0.15, 0.2) is 65.8 Å². The van der Waals surface area contributed by atoms with Crippen molar-refractivity contribution < 1.29 is 23.9 Å². The monoisotopic (exact) mass is 742 g/mol. The van der Waals surface area contributed by atoms with Crippen LogP contribution in [0.3, 0.4) is 0 Å². The molecule has 0 spiro atoms. The van der Waals surface area contributed by atoms with Crippen LogP contribution < -0.4 is 25.1 Å². The lowest BCUT2D eigenvalue weighted by Crippen LogP contribution is -2.32. The summed E-state index contributed by atoms with van der Waals surface area (Å²) in [5.41, 5.74) is 0.831. The van der Waals surface area contributed by atoms with E-state index < -0.39 is 17.9 Å². The van der Waals surface area contributed by atoms with Crippen LogP contribution >= 0.6 is 34.8 Å². The summed E-state index contributed by atoms with van der Waals surface area (Å²) in [7, 11) is 0. The van der Waals surface area contributed by atoms with Crippen molar-refractivity contribution in [3.8, 4) is 11.5 Å². The van der Waals surface area contributed by atoms with Gasteiger partial charge in [-0.3, -0.25) is 14.4 Å². The van der Waals surface area contributed by atoms with Gasteiger partial charge in [-0.15, -0.1) is 0 Å². The summed E-state index contributed by atoms with van der Waals surface area (Å²) >= 11 is 18.5. The Kier molecular flexibility index (Phi) is 15.7. The minimum atomic E-state index is -0.777. The van der Waals surface area contributed by atoms with E-state index in [2.05, 4.69) is 22.7 Å². The summed E-state index contributed by atoms with van der Waals surface area (Å²) in [6.45, 7) is 4.74. The lowest BCUT2D eigenvalue weighted by Gasteiger charge is -2.18. The van der Waals surface area contributed by atoms with E-state index in [1.54, 1.807) is 30.3 Å². The number of hydrogen-bond acceptors (Lipinski definition) is 6. The highest BCUT2D eigenvalue weighted by Gasteiger charge is 2.30. The quantitative estimate of drug-likeness (QED) is 0.119. The molecular weight excluding hydrogens is 699 g/mol. The number of amides is 3. The first kappa shape index (κ1) is 39.0. The molecule has 0 aromatic heterocycles. The van der Waals surface area contributed by atoms with Crippen LogP contribution in [0.4, 0.5) is 11.4 Å². The van der Waals surface area contributed by atoms with Crippen LogP contribution in [0.5, 0.6) is 11.5 Å². The van der Waals surface area contributed by atoms with Gasteiger partial charge < -0.3 is 20.1 Å². The summed E-state index contributed by atoms with van der Waals surface area (Å²) < 4.78 is 12.0. The highest BCUT2D eigenvalue weighted by Crippen LogP contribution is 2.38. The van der Waals surface area contributed by atoms with E-state index in [-0.39, 0.29) is 39.5 Å². The molecule has 0 saturated heterocycles. The van der Waals surface area contributed by atoms with Crippen molar-refractivity contribution in [1.82, 2.24) is 5.32 Å². The fraction of sp³-hybridized carbons (Fsp3) is 0.421. The Labute approximate surface area is 309 Å². The molecule has 0 saturated carbocycles. The zero-order valence-electron chi connectivity index (χ0n) is 28.6. The molecule has 1 atom stereocenters. The molecule has 12 heteroatoms. The van der Waals surface area contributed by atoms with Crippen LogP contribution in [0.25, 0.3) is 0 Å². The zero-order chi connectivity index (χ0) is 35.9. The highest BCUT2D eigenvalue weighted by atomic mass is 35.5. The van der Waals surface area contributed by atoms with Gasteiger partial charge in [-0.2, -0.15) is 10.1 Å². The number of carbonyl (C=O) groups is 3. The Morgan fingerprint density at radius 2 is 1.46 bits per heavy atom. The molecule has 1 unspecified atom stereocenters. The predicted molar refractivity (Wildman–Crippen MR) is 202 cm³/mol. The number of ether oxygens (including phenoxy) is 2. The Balaban J connectivity index is 1.25. The fourth-order valence-electron chi connectivity index (χ4n) is 5.48. The number of benzene rings is 3. The minimum Gasteiger partial charge on any atom is -0.493 e. The van der Waals surface area contributed by atoms with E-state index in [0.29, 0.717) is 35.2 Å². The molecule has 9 nitrogen and oxygen atoms in total. The Hall–Kier alpha value is -3.79. The van der Waals surface area contributed by atoms with E-state index in [0.717, 1.165) is 17.9 Å². The molecule has 4 rings (SSSR count). The molecule has 1 aliphatic rings. The molecule has 268 valence electrons. The van der Waals surface area contributed by atoms with E-state index in [4.69, 9.17) is 44.3 Å². The number of nitrogens with one attached hydrogen (secondary N) is 2. The second kappa shape index (κ2) is 20.2. The molecule has 0 aliphatic carbocycles. The first-order chi connectivity index (χ1) is 24.2. The fourth-order valence-corrected chi connectivity index (χ4v) is 6.46. The lowest BCUT2D eigenvalue weighted by molar-refractivity contribution is -0.122. The summed E-state index contributed by atoms with van der Waals surface area (Å²) in [5, 5.41) is 11.3. The smallest absolute Gasteiger partial charge is 0.265 e. The van der Waals surface area contributed by atoms with Crippen molar-refractivity contribution in [3.05, 3.63) is 81.3 Å². The maximum absolute atomic E-state index is 13.2. The van der Waals surface area contributed by atoms with E-state index in [9.17, 15) is 14.4 Å². The molecule has 50 heavy (non-hydrogen) atoms. The molecule has 0 bridgehead atoms. The minimum absolute atomic E-state index is 0.116. The van der Waals surface area contributed by atoms with Crippen LogP contribution in [-0.2, 0) is 9.59 Å². The van der Waals surface area contributed by atoms with Gasteiger partial charge in [-0.25, -0.2) is 0 Å². The number of hydrogen-bond donors (Lipinski definition) is 2. The van der Waals surface area contributed by atoms with Gasteiger partial charge in [-0.1, -0.05) is 119 Å². The predicted octanol–water partition coefficient (Wildman–Crippen LogP) is 10.2. The van der Waals surface area contributed by atoms with Crippen LogP contribution in [0, 0.1) is 0 Å².